The van der Waals surface area contributed by atoms with Gasteiger partial charge in [0.15, 0.2) is 11.5 Å². The molecule has 3 aromatic rings. The molecule has 0 fully saturated rings. The maximum Gasteiger partial charge on any atom is 0.262 e. The second-order valence-electron chi connectivity index (χ2n) is 5.75. The Kier molecular flexibility index (Phi) is 4.38. The lowest BCUT2D eigenvalue weighted by molar-refractivity contribution is 0.297. The standard InChI is InChI=1S/C17H14Cl2N2O4S/c18-11-3-4-13(17-16(11)12(19)9-20-17)21-26(22,23)10-2-5-14-15(8-10)25-7-1-6-24-14/h2-5,8-9,20-21H,1,6-7H2. The van der Waals surface area contributed by atoms with Crippen molar-refractivity contribution in [1.82, 2.24) is 4.98 Å². The zero-order valence-electron chi connectivity index (χ0n) is 13.4. The van der Waals surface area contributed by atoms with E-state index in [4.69, 9.17) is 32.7 Å². The van der Waals surface area contributed by atoms with Crippen LogP contribution < -0.4 is 14.2 Å². The summed E-state index contributed by atoms with van der Waals surface area (Å²) in [6, 6.07) is 7.70. The number of hydrogen-bond donors (Lipinski definition) is 2. The number of hydrogen-bond acceptors (Lipinski definition) is 4. The van der Waals surface area contributed by atoms with Gasteiger partial charge in [-0.25, -0.2) is 8.42 Å². The van der Waals surface area contributed by atoms with Crippen LogP contribution in [0.3, 0.4) is 0 Å². The van der Waals surface area contributed by atoms with E-state index in [2.05, 4.69) is 9.71 Å². The highest BCUT2D eigenvalue weighted by Crippen LogP contribution is 2.36. The molecule has 9 heteroatoms. The summed E-state index contributed by atoms with van der Waals surface area (Å²) in [5.74, 6) is 0.945. The average Bonchev–Trinajstić information content (AvgIpc) is 2.86. The van der Waals surface area contributed by atoms with E-state index in [1.54, 1.807) is 24.4 Å². The molecule has 6 nitrogen and oxygen atoms in total. The Bertz CT molecular complexity index is 1100. The SMILES string of the molecule is O=S(=O)(Nc1ccc(Cl)c2c(Cl)c[nH]c12)c1ccc2c(c1)OCCCO2. The first-order valence-electron chi connectivity index (χ1n) is 7.83. The summed E-state index contributed by atoms with van der Waals surface area (Å²) in [5.41, 5.74) is 0.865. The van der Waals surface area contributed by atoms with Crippen LogP contribution in [0.15, 0.2) is 41.4 Å². The summed E-state index contributed by atoms with van der Waals surface area (Å²) in [6.45, 7) is 1.01. The molecule has 2 N–H and O–H groups in total. The number of anilines is 1. The molecule has 0 atom stereocenters. The highest BCUT2D eigenvalue weighted by atomic mass is 35.5. The molecular weight excluding hydrogens is 399 g/mol. The molecule has 26 heavy (non-hydrogen) atoms. The quantitative estimate of drug-likeness (QED) is 0.666. The van der Waals surface area contributed by atoms with E-state index < -0.39 is 10.0 Å². The van der Waals surface area contributed by atoms with Gasteiger partial charge in [0.25, 0.3) is 10.0 Å². The van der Waals surface area contributed by atoms with E-state index in [9.17, 15) is 8.42 Å². The van der Waals surface area contributed by atoms with Crippen LogP contribution in [0.2, 0.25) is 10.0 Å². The fourth-order valence-corrected chi connectivity index (χ4v) is 4.41. The van der Waals surface area contributed by atoms with Crippen LogP contribution >= 0.6 is 23.2 Å². The van der Waals surface area contributed by atoms with Crippen LogP contribution in [0, 0.1) is 0 Å². The predicted octanol–water partition coefficient (Wildman–Crippen LogP) is 4.44. The molecule has 0 saturated carbocycles. The molecule has 0 spiro atoms. The maximum absolute atomic E-state index is 12.8. The van der Waals surface area contributed by atoms with Crippen LogP contribution in [0.5, 0.6) is 11.5 Å². The molecule has 0 radical (unpaired) electrons. The van der Waals surface area contributed by atoms with Crippen molar-refractivity contribution in [2.45, 2.75) is 11.3 Å². The molecule has 4 rings (SSSR count). The van der Waals surface area contributed by atoms with Gasteiger partial charge in [0.2, 0.25) is 0 Å². The number of aromatic nitrogens is 1. The molecule has 2 heterocycles. The number of benzene rings is 2. The van der Waals surface area contributed by atoms with Crippen LogP contribution in [0.1, 0.15) is 6.42 Å². The number of H-pyrrole nitrogens is 1. The van der Waals surface area contributed by atoms with Gasteiger partial charge in [-0.15, -0.1) is 0 Å². The van der Waals surface area contributed by atoms with E-state index in [-0.39, 0.29) is 4.90 Å². The first-order chi connectivity index (χ1) is 12.5. The summed E-state index contributed by atoms with van der Waals surface area (Å²) in [4.78, 5) is 3.01. The number of ether oxygens (including phenoxy) is 2. The topological polar surface area (TPSA) is 80.4 Å². The van der Waals surface area contributed by atoms with Crippen molar-refractivity contribution in [1.29, 1.82) is 0 Å². The normalized spacial score (nSPS) is 14.2. The lowest BCUT2D eigenvalue weighted by atomic mass is 10.2. The highest BCUT2D eigenvalue weighted by molar-refractivity contribution is 7.92. The molecule has 2 aromatic carbocycles. The van der Waals surface area contributed by atoms with Crippen LogP contribution in [0.25, 0.3) is 10.9 Å². The average molecular weight is 413 g/mol. The minimum absolute atomic E-state index is 0.0718. The Morgan fingerprint density at radius 2 is 1.77 bits per heavy atom. The molecule has 0 aliphatic carbocycles. The lowest BCUT2D eigenvalue weighted by Crippen LogP contribution is -2.13. The van der Waals surface area contributed by atoms with E-state index in [0.717, 1.165) is 6.42 Å². The summed E-state index contributed by atoms with van der Waals surface area (Å²) in [5, 5.41) is 1.42. The number of aromatic amines is 1. The number of nitrogens with one attached hydrogen (secondary N) is 2. The number of sulfonamides is 1. The molecule has 136 valence electrons. The molecule has 1 aromatic heterocycles. The lowest BCUT2D eigenvalue weighted by Gasteiger charge is -2.12. The monoisotopic (exact) mass is 412 g/mol. The Morgan fingerprint density at radius 1 is 1.00 bits per heavy atom. The zero-order valence-corrected chi connectivity index (χ0v) is 15.7. The third-order valence-electron chi connectivity index (χ3n) is 4.01. The fourth-order valence-electron chi connectivity index (χ4n) is 2.77. The Balaban J connectivity index is 1.72. The first-order valence-corrected chi connectivity index (χ1v) is 10.1. The van der Waals surface area contributed by atoms with E-state index in [1.807, 2.05) is 0 Å². The maximum atomic E-state index is 12.8. The largest absolute Gasteiger partial charge is 0.490 e. The second kappa shape index (κ2) is 6.57. The molecular formula is C17H14Cl2N2O4S. The van der Waals surface area contributed by atoms with Gasteiger partial charge in [-0.2, -0.15) is 0 Å². The Morgan fingerprint density at radius 3 is 2.58 bits per heavy atom. The minimum Gasteiger partial charge on any atom is -0.490 e. The van der Waals surface area contributed by atoms with Gasteiger partial charge in [0, 0.05) is 24.1 Å². The number of fused-ring (bicyclic) bond motifs is 2. The van der Waals surface area contributed by atoms with Crippen molar-refractivity contribution in [3.8, 4) is 11.5 Å². The first kappa shape index (κ1) is 17.3. The van der Waals surface area contributed by atoms with Crippen molar-refractivity contribution in [3.63, 3.8) is 0 Å². The van der Waals surface area contributed by atoms with E-state index >= 15 is 0 Å². The molecule has 0 unspecified atom stereocenters. The van der Waals surface area contributed by atoms with Crippen molar-refractivity contribution >= 4 is 49.8 Å². The third kappa shape index (κ3) is 3.06. The summed E-state index contributed by atoms with van der Waals surface area (Å²) < 4.78 is 39.3. The number of halogens is 2. The van der Waals surface area contributed by atoms with Crippen LogP contribution in [-0.4, -0.2) is 26.6 Å². The van der Waals surface area contributed by atoms with Crippen LogP contribution in [-0.2, 0) is 10.0 Å². The van der Waals surface area contributed by atoms with Gasteiger partial charge >= 0.3 is 0 Å². The molecule has 1 aliphatic rings. The van der Waals surface area contributed by atoms with Crippen LogP contribution in [0.4, 0.5) is 5.69 Å². The van der Waals surface area contributed by atoms with Gasteiger partial charge in [0.1, 0.15) is 0 Å². The van der Waals surface area contributed by atoms with Gasteiger partial charge in [-0.3, -0.25) is 4.72 Å². The van der Waals surface area contributed by atoms with Crippen molar-refractivity contribution in [3.05, 3.63) is 46.6 Å². The fraction of sp³-hybridized carbons (Fsp3) is 0.176. The molecule has 0 saturated heterocycles. The molecule has 0 amide bonds. The zero-order chi connectivity index (χ0) is 18.3. The molecule has 0 bridgehead atoms. The minimum atomic E-state index is -3.85. The Hall–Kier alpha value is -2.09. The summed E-state index contributed by atoms with van der Waals surface area (Å²) >= 11 is 12.3. The highest BCUT2D eigenvalue weighted by Gasteiger charge is 2.21. The van der Waals surface area contributed by atoms with E-state index in [1.165, 1.54) is 12.1 Å². The van der Waals surface area contributed by atoms with Gasteiger partial charge in [-0.05, 0) is 24.3 Å². The van der Waals surface area contributed by atoms with Gasteiger partial charge in [0.05, 0.1) is 39.4 Å². The summed E-state index contributed by atoms with van der Waals surface area (Å²) in [6.07, 6.45) is 2.30. The summed E-state index contributed by atoms with van der Waals surface area (Å²) in [7, 11) is -3.85. The van der Waals surface area contributed by atoms with E-state index in [0.29, 0.717) is 51.3 Å². The second-order valence-corrected chi connectivity index (χ2v) is 8.24. The van der Waals surface area contributed by atoms with Gasteiger partial charge < -0.3 is 14.5 Å². The predicted molar refractivity (Wildman–Crippen MR) is 101 cm³/mol. The Labute approximate surface area is 160 Å². The van der Waals surface area contributed by atoms with Gasteiger partial charge in [-0.1, -0.05) is 23.2 Å². The van der Waals surface area contributed by atoms with Crippen molar-refractivity contribution < 1.29 is 17.9 Å². The molecule has 1 aliphatic heterocycles. The van der Waals surface area contributed by atoms with Crippen molar-refractivity contribution in [2.24, 2.45) is 0 Å². The number of rotatable bonds is 3. The smallest absolute Gasteiger partial charge is 0.262 e. The van der Waals surface area contributed by atoms with Crippen molar-refractivity contribution in [2.75, 3.05) is 17.9 Å². The third-order valence-corrected chi connectivity index (χ3v) is 5.99.